The number of nitriles is 1. The fourth-order valence-electron chi connectivity index (χ4n) is 4.09. The Morgan fingerprint density at radius 2 is 1.97 bits per heavy atom. The van der Waals surface area contributed by atoms with E-state index in [1.54, 1.807) is 43.6 Å². The second-order valence-corrected chi connectivity index (χ2v) is 8.02. The van der Waals surface area contributed by atoms with Crippen molar-refractivity contribution < 1.29 is 14.6 Å². The van der Waals surface area contributed by atoms with Crippen LogP contribution >= 0.6 is 0 Å². The standard InChI is InChI=1S/C24H25N5O3/c1-15-11-16(12-25)3-9-20(15)21-14-27-29(24(21)31)22-10-4-17(13-26-22)23(30)28-18-5-7-19(32-2)8-6-18/h3-4,9-11,13-14,18-19,31H,5-8H2,1-2H3,(H,28,30)/t18-,19-. The number of carbonyl (C=O) groups is 1. The fourth-order valence-corrected chi connectivity index (χ4v) is 4.09. The van der Waals surface area contributed by atoms with Gasteiger partial charge in [0.1, 0.15) is 0 Å². The van der Waals surface area contributed by atoms with Gasteiger partial charge >= 0.3 is 0 Å². The number of aromatic nitrogens is 3. The van der Waals surface area contributed by atoms with Crippen molar-refractivity contribution >= 4 is 5.91 Å². The molecule has 0 spiro atoms. The van der Waals surface area contributed by atoms with Crippen LogP contribution in [0, 0.1) is 18.3 Å². The number of benzene rings is 1. The monoisotopic (exact) mass is 431 g/mol. The van der Waals surface area contributed by atoms with Gasteiger partial charge in [0.05, 0.1) is 35.1 Å². The van der Waals surface area contributed by atoms with E-state index in [4.69, 9.17) is 10.00 Å². The van der Waals surface area contributed by atoms with Gasteiger partial charge < -0.3 is 15.2 Å². The lowest BCUT2D eigenvalue weighted by Crippen LogP contribution is -2.38. The van der Waals surface area contributed by atoms with Crippen LogP contribution in [0.3, 0.4) is 0 Å². The molecule has 2 aromatic heterocycles. The first kappa shape index (κ1) is 21.5. The van der Waals surface area contributed by atoms with Crippen LogP contribution in [-0.4, -0.2) is 45.0 Å². The van der Waals surface area contributed by atoms with Crippen molar-refractivity contribution in [1.29, 1.82) is 5.26 Å². The van der Waals surface area contributed by atoms with Crippen LogP contribution in [0.5, 0.6) is 5.88 Å². The number of aryl methyl sites for hydroxylation is 1. The molecule has 1 saturated carbocycles. The zero-order valence-electron chi connectivity index (χ0n) is 18.1. The summed E-state index contributed by atoms with van der Waals surface area (Å²) < 4.78 is 6.70. The molecule has 3 aromatic rings. The van der Waals surface area contributed by atoms with E-state index in [1.807, 2.05) is 6.92 Å². The number of methoxy groups -OCH3 is 1. The Labute approximate surface area is 186 Å². The number of amides is 1. The summed E-state index contributed by atoms with van der Waals surface area (Å²) in [5.41, 5.74) is 3.20. The van der Waals surface area contributed by atoms with E-state index >= 15 is 0 Å². The molecule has 0 atom stereocenters. The van der Waals surface area contributed by atoms with Crippen molar-refractivity contribution in [1.82, 2.24) is 20.1 Å². The van der Waals surface area contributed by atoms with Gasteiger partial charge in [-0.3, -0.25) is 4.79 Å². The molecule has 1 fully saturated rings. The van der Waals surface area contributed by atoms with Crippen molar-refractivity contribution in [2.24, 2.45) is 0 Å². The minimum atomic E-state index is -0.163. The maximum Gasteiger partial charge on any atom is 0.253 e. The van der Waals surface area contributed by atoms with Crippen molar-refractivity contribution in [3.05, 3.63) is 59.4 Å². The largest absolute Gasteiger partial charge is 0.493 e. The summed E-state index contributed by atoms with van der Waals surface area (Å²) in [6, 6.07) is 10.8. The first-order chi connectivity index (χ1) is 15.5. The molecule has 0 bridgehead atoms. The summed E-state index contributed by atoms with van der Waals surface area (Å²) in [4.78, 5) is 16.9. The molecule has 1 aliphatic rings. The summed E-state index contributed by atoms with van der Waals surface area (Å²) in [7, 11) is 1.72. The molecule has 2 N–H and O–H groups in total. The van der Waals surface area contributed by atoms with Gasteiger partial charge in [0, 0.05) is 19.3 Å². The lowest BCUT2D eigenvalue weighted by Gasteiger charge is -2.28. The molecule has 32 heavy (non-hydrogen) atoms. The average molecular weight is 431 g/mol. The van der Waals surface area contributed by atoms with Gasteiger partial charge in [-0.1, -0.05) is 6.07 Å². The van der Waals surface area contributed by atoms with Crippen LogP contribution in [0.2, 0.25) is 0 Å². The molecule has 1 aliphatic carbocycles. The summed E-state index contributed by atoms with van der Waals surface area (Å²) in [5.74, 6) is 0.179. The smallest absolute Gasteiger partial charge is 0.253 e. The van der Waals surface area contributed by atoms with Gasteiger partial charge in [-0.05, 0) is 68.0 Å². The average Bonchev–Trinajstić information content (AvgIpc) is 3.20. The predicted molar refractivity (Wildman–Crippen MR) is 118 cm³/mol. The van der Waals surface area contributed by atoms with E-state index in [-0.39, 0.29) is 23.9 Å². The Bertz CT molecular complexity index is 1160. The molecule has 1 aromatic carbocycles. The first-order valence-corrected chi connectivity index (χ1v) is 10.6. The van der Waals surface area contributed by atoms with Gasteiger partial charge in [0.15, 0.2) is 5.82 Å². The van der Waals surface area contributed by atoms with E-state index in [1.165, 1.54) is 10.9 Å². The molecule has 8 heteroatoms. The van der Waals surface area contributed by atoms with E-state index < -0.39 is 0 Å². The third-order valence-electron chi connectivity index (χ3n) is 5.96. The molecule has 0 saturated heterocycles. The molecule has 2 heterocycles. The van der Waals surface area contributed by atoms with Crippen LogP contribution in [0.4, 0.5) is 0 Å². The quantitative estimate of drug-likeness (QED) is 0.639. The van der Waals surface area contributed by atoms with Crippen LogP contribution in [0.1, 0.15) is 47.2 Å². The number of hydrogen-bond acceptors (Lipinski definition) is 6. The number of hydrogen-bond donors (Lipinski definition) is 2. The Morgan fingerprint density at radius 1 is 1.19 bits per heavy atom. The molecular weight excluding hydrogens is 406 g/mol. The van der Waals surface area contributed by atoms with Gasteiger partial charge in [0.25, 0.3) is 5.91 Å². The SMILES string of the molecule is CO[C@H]1CC[C@H](NC(=O)c2ccc(-n3ncc(-c4ccc(C#N)cc4C)c3O)nc2)CC1. The normalized spacial score (nSPS) is 18.2. The second kappa shape index (κ2) is 9.20. The van der Waals surface area contributed by atoms with Gasteiger partial charge in [-0.25, -0.2) is 4.98 Å². The highest BCUT2D eigenvalue weighted by atomic mass is 16.5. The van der Waals surface area contributed by atoms with Gasteiger partial charge in [-0.15, -0.1) is 0 Å². The summed E-state index contributed by atoms with van der Waals surface area (Å²) >= 11 is 0. The number of nitrogens with zero attached hydrogens (tertiary/aromatic N) is 4. The second-order valence-electron chi connectivity index (χ2n) is 8.02. The lowest BCUT2D eigenvalue weighted by atomic mass is 9.93. The molecule has 1 amide bonds. The Morgan fingerprint density at radius 3 is 2.59 bits per heavy atom. The molecule has 8 nitrogen and oxygen atoms in total. The minimum absolute atomic E-state index is 0.0580. The topological polar surface area (TPSA) is 113 Å². The zero-order valence-corrected chi connectivity index (χ0v) is 18.1. The number of carbonyl (C=O) groups excluding carboxylic acids is 1. The van der Waals surface area contributed by atoms with Gasteiger partial charge in [-0.2, -0.15) is 15.0 Å². The van der Waals surface area contributed by atoms with Crippen LogP contribution < -0.4 is 5.32 Å². The highest BCUT2D eigenvalue weighted by molar-refractivity contribution is 5.94. The molecule has 4 rings (SSSR count). The number of nitrogens with one attached hydrogen (secondary N) is 1. The van der Waals surface area contributed by atoms with E-state index in [0.29, 0.717) is 22.5 Å². The first-order valence-electron chi connectivity index (χ1n) is 10.6. The maximum absolute atomic E-state index is 12.6. The lowest BCUT2D eigenvalue weighted by molar-refractivity contribution is 0.0599. The number of rotatable bonds is 5. The Hall–Kier alpha value is -3.70. The zero-order chi connectivity index (χ0) is 22.7. The fraction of sp³-hybridized carbons (Fsp3) is 0.333. The summed E-state index contributed by atoms with van der Waals surface area (Å²) in [5, 5.41) is 27.1. The van der Waals surface area contributed by atoms with Crippen molar-refractivity contribution in [3.8, 4) is 28.9 Å². The number of ether oxygens (including phenoxy) is 1. The van der Waals surface area contributed by atoms with Crippen molar-refractivity contribution in [2.45, 2.75) is 44.8 Å². The van der Waals surface area contributed by atoms with Crippen LogP contribution in [0.25, 0.3) is 16.9 Å². The molecular formula is C24H25N5O3. The number of aromatic hydroxyl groups is 1. The minimum Gasteiger partial charge on any atom is -0.493 e. The third-order valence-corrected chi connectivity index (χ3v) is 5.96. The third kappa shape index (κ3) is 4.34. The predicted octanol–water partition coefficient (Wildman–Crippen LogP) is 3.51. The van der Waals surface area contributed by atoms with Crippen LogP contribution in [0.15, 0.2) is 42.7 Å². The highest BCUT2D eigenvalue weighted by Crippen LogP contribution is 2.33. The molecule has 0 unspecified atom stereocenters. The van der Waals surface area contributed by atoms with Gasteiger partial charge in [0.2, 0.25) is 5.88 Å². The summed E-state index contributed by atoms with van der Waals surface area (Å²) in [6.45, 7) is 1.88. The van der Waals surface area contributed by atoms with E-state index in [0.717, 1.165) is 36.8 Å². The molecule has 0 aliphatic heterocycles. The highest BCUT2D eigenvalue weighted by Gasteiger charge is 2.23. The van der Waals surface area contributed by atoms with Crippen LogP contribution in [-0.2, 0) is 4.74 Å². The van der Waals surface area contributed by atoms with Crippen molar-refractivity contribution in [3.63, 3.8) is 0 Å². The summed E-state index contributed by atoms with van der Waals surface area (Å²) in [6.07, 6.45) is 7.00. The van der Waals surface area contributed by atoms with E-state index in [2.05, 4.69) is 21.5 Å². The Kier molecular flexibility index (Phi) is 6.19. The molecule has 0 radical (unpaired) electrons. The maximum atomic E-state index is 12.6. The van der Waals surface area contributed by atoms with Crippen molar-refractivity contribution in [2.75, 3.05) is 7.11 Å². The Balaban J connectivity index is 1.48. The number of pyridine rings is 1. The molecule has 164 valence electrons. The van der Waals surface area contributed by atoms with E-state index in [9.17, 15) is 9.90 Å².